The first-order chi connectivity index (χ1) is 11.3. The van der Waals surface area contributed by atoms with Crippen molar-refractivity contribution in [2.45, 2.75) is 110 Å². The normalized spacial score (nSPS) is 11.5. The van der Waals surface area contributed by atoms with Crippen molar-refractivity contribution in [1.82, 2.24) is 0 Å². The predicted octanol–water partition coefficient (Wildman–Crippen LogP) is 6.41. The van der Waals surface area contributed by atoms with Crippen LogP contribution in [-0.2, 0) is 9.56 Å². The van der Waals surface area contributed by atoms with E-state index in [0.717, 1.165) is 12.8 Å². The van der Waals surface area contributed by atoms with E-state index in [1.165, 1.54) is 89.9 Å². The fourth-order valence-electron chi connectivity index (χ4n) is 2.79. The van der Waals surface area contributed by atoms with Gasteiger partial charge in [0.25, 0.3) is 0 Å². The Morgan fingerprint density at radius 3 is 1.26 bits per heavy atom. The van der Waals surface area contributed by atoms with E-state index in [4.69, 9.17) is 9.79 Å². The van der Waals surface area contributed by atoms with Gasteiger partial charge in [-0.3, -0.25) is 0 Å². The molecule has 0 bridgehead atoms. The smallest absolute Gasteiger partial charge is 0.327 e. The summed E-state index contributed by atoms with van der Waals surface area (Å²) in [7, 11) is -2.37. The van der Waals surface area contributed by atoms with Crippen LogP contribution in [0, 0.1) is 0 Å². The van der Waals surface area contributed by atoms with Gasteiger partial charge in [-0.2, -0.15) is 4.67 Å². The molecule has 0 spiro atoms. The molecule has 0 aromatic carbocycles. The Bertz CT molecular complexity index is 215. The van der Waals surface area contributed by atoms with Crippen molar-refractivity contribution >= 4 is 8.60 Å². The average molecular weight is 350 g/mol. The minimum absolute atomic E-state index is 0.443. The molecule has 0 heterocycles. The maximum Gasteiger partial charge on any atom is 0.357 e. The summed E-state index contributed by atoms with van der Waals surface area (Å²) in [5, 5.41) is 0. The first kappa shape index (κ1) is 23.3. The SMILES string of the molecule is CCCCCCCCCCCCCCCCCCOOP(O)O. The van der Waals surface area contributed by atoms with Crippen molar-refractivity contribution in [3.05, 3.63) is 0 Å². The standard InChI is InChI=1S/C18H39O4P/c1-2-3-4-5-6-7-8-9-10-11-12-13-14-15-16-17-18-21-22-23(19)20/h19-20H,2-18H2,1H3. The van der Waals surface area contributed by atoms with Crippen LogP contribution < -0.4 is 0 Å². The summed E-state index contributed by atoms with van der Waals surface area (Å²) >= 11 is 0. The van der Waals surface area contributed by atoms with Crippen LogP contribution >= 0.6 is 8.60 Å². The average Bonchev–Trinajstić information content (AvgIpc) is 2.53. The topological polar surface area (TPSA) is 58.9 Å². The summed E-state index contributed by atoms with van der Waals surface area (Å²) in [6, 6.07) is 0. The Kier molecular flexibility index (Phi) is 20.6. The quantitative estimate of drug-likeness (QED) is 0.122. The van der Waals surface area contributed by atoms with Crippen molar-refractivity contribution in [3.8, 4) is 0 Å². The van der Waals surface area contributed by atoms with Gasteiger partial charge in [0.2, 0.25) is 0 Å². The zero-order valence-corrected chi connectivity index (χ0v) is 16.1. The second kappa shape index (κ2) is 20.3. The molecule has 0 aromatic heterocycles. The van der Waals surface area contributed by atoms with E-state index in [9.17, 15) is 0 Å². The van der Waals surface area contributed by atoms with Crippen LogP contribution in [0.3, 0.4) is 0 Å². The molecule has 0 fully saturated rings. The molecule has 0 saturated carbocycles. The maximum absolute atomic E-state index is 8.46. The van der Waals surface area contributed by atoms with Crippen LogP contribution in [0.25, 0.3) is 0 Å². The Morgan fingerprint density at radius 1 is 0.565 bits per heavy atom. The van der Waals surface area contributed by atoms with E-state index in [1.807, 2.05) is 0 Å². The molecule has 0 amide bonds. The lowest BCUT2D eigenvalue weighted by molar-refractivity contribution is -0.213. The fraction of sp³-hybridized carbons (Fsp3) is 1.00. The number of unbranched alkanes of at least 4 members (excludes halogenated alkanes) is 15. The Morgan fingerprint density at radius 2 is 0.913 bits per heavy atom. The zero-order valence-electron chi connectivity index (χ0n) is 15.2. The van der Waals surface area contributed by atoms with Crippen LogP contribution in [0.15, 0.2) is 0 Å². The van der Waals surface area contributed by atoms with Gasteiger partial charge >= 0.3 is 8.60 Å². The molecule has 5 heteroatoms. The second-order valence-electron chi connectivity index (χ2n) is 6.45. The summed E-state index contributed by atoms with van der Waals surface area (Å²) in [5.41, 5.74) is 0. The van der Waals surface area contributed by atoms with Crippen LogP contribution in [0.2, 0.25) is 0 Å². The highest BCUT2D eigenvalue weighted by Gasteiger charge is 1.99. The van der Waals surface area contributed by atoms with Gasteiger partial charge in [-0.15, -0.1) is 0 Å². The molecule has 0 unspecified atom stereocenters. The van der Waals surface area contributed by atoms with Gasteiger partial charge in [-0.05, 0) is 6.42 Å². The Balaban J connectivity index is 2.95. The Hall–Kier alpha value is 0.270. The molecule has 0 radical (unpaired) electrons. The van der Waals surface area contributed by atoms with Gasteiger partial charge in [0.1, 0.15) is 0 Å². The molecular weight excluding hydrogens is 311 g/mol. The summed E-state index contributed by atoms with van der Waals surface area (Å²) in [5.74, 6) is 0. The van der Waals surface area contributed by atoms with Gasteiger partial charge in [-0.25, -0.2) is 4.89 Å². The minimum Gasteiger partial charge on any atom is -0.327 e. The third-order valence-electron chi connectivity index (χ3n) is 4.20. The summed E-state index contributed by atoms with van der Waals surface area (Å²) in [4.78, 5) is 21.6. The molecule has 0 atom stereocenters. The van der Waals surface area contributed by atoms with Gasteiger partial charge in [0, 0.05) is 0 Å². The van der Waals surface area contributed by atoms with Crippen molar-refractivity contribution in [1.29, 1.82) is 0 Å². The monoisotopic (exact) mass is 350 g/mol. The number of hydrogen-bond donors (Lipinski definition) is 2. The highest BCUT2D eigenvalue weighted by atomic mass is 31.2. The van der Waals surface area contributed by atoms with Gasteiger partial charge in [-0.1, -0.05) is 103 Å². The zero-order chi connectivity index (χ0) is 17.0. The van der Waals surface area contributed by atoms with Crippen molar-refractivity contribution in [2.24, 2.45) is 0 Å². The lowest BCUT2D eigenvalue weighted by atomic mass is 10.0. The third kappa shape index (κ3) is 22.3. The van der Waals surface area contributed by atoms with E-state index < -0.39 is 8.60 Å². The fourth-order valence-corrected chi connectivity index (χ4v) is 2.96. The molecule has 4 nitrogen and oxygen atoms in total. The lowest BCUT2D eigenvalue weighted by Crippen LogP contribution is -1.93. The van der Waals surface area contributed by atoms with Crippen molar-refractivity contribution < 1.29 is 19.3 Å². The predicted molar refractivity (Wildman–Crippen MR) is 97.9 cm³/mol. The van der Waals surface area contributed by atoms with Crippen LogP contribution in [0.1, 0.15) is 110 Å². The van der Waals surface area contributed by atoms with E-state index in [1.54, 1.807) is 0 Å². The minimum atomic E-state index is -2.37. The molecule has 23 heavy (non-hydrogen) atoms. The summed E-state index contributed by atoms with van der Waals surface area (Å²) in [6.45, 7) is 2.72. The van der Waals surface area contributed by atoms with Crippen LogP contribution in [0.4, 0.5) is 0 Å². The molecule has 0 aromatic rings. The first-order valence-electron chi connectivity index (χ1n) is 9.75. The largest absolute Gasteiger partial charge is 0.357 e. The lowest BCUT2D eigenvalue weighted by Gasteiger charge is -2.04. The highest BCUT2D eigenvalue weighted by Crippen LogP contribution is 2.24. The van der Waals surface area contributed by atoms with Crippen molar-refractivity contribution in [2.75, 3.05) is 6.61 Å². The van der Waals surface area contributed by atoms with Gasteiger partial charge in [0.15, 0.2) is 0 Å². The molecule has 0 aliphatic rings. The van der Waals surface area contributed by atoms with Crippen molar-refractivity contribution in [3.63, 3.8) is 0 Å². The van der Waals surface area contributed by atoms with E-state index in [0.29, 0.717) is 6.61 Å². The number of hydrogen-bond acceptors (Lipinski definition) is 4. The number of rotatable bonds is 19. The molecule has 0 aliphatic carbocycles. The van der Waals surface area contributed by atoms with E-state index >= 15 is 0 Å². The molecule has 140 valence electrons. The molecule has 0 rings (SSSR count). The Labute approximate surface area is 144 Å². The maximum atomic E-state index is 8.46. The summed E-state index contributed by atoms with van der Waals surface area (Å²) in [6.07, 6.45) is 21.4. The highest BCUT2D eigenvalue weighted by molar-refractivity contribution is 7.39. The van der Waals surface area contributed by atoms with Crippen LogP contribution in [-0.4, -0.2) is 16.4 Å². The summed E-state index contributed by atoms with van der Waals surface area (Å²) < 4.78 is 4.24. The van der Waals surface area contributed by atoms with Gasteiger partial charge in [0.05, 0.1) is 6.61 Å². The molecule has 2 N–H and O–H groups in total. The molecular formula is C18H39O4P. The molecule has 0 aliphatic heterocycles. The van der Waals surface area contributed by atoms with E-state index in [-0.39, 0.29) is 0 Å². The van der Waals surface area contributed by atoms with E-state index in [2.05, 4.69) is 16.5 Å². The second-order valence-corrected chi connectivity index (χ2v) is 7.11. The van der Waals surface area contributed by atoms with Crippen LogP contribution in [0.5, 0.6) is 0 Å². The first-order valence-corrected chi connectivity index (χ1v) is 10.9. The molecule has 0 saturated heterocycles. The third-order valence-corrected chi connectivity index (χ3v) is 4.44. The van der Waals surface area contributed by atoms with Gasteiger partial charge < -0.3 is 9.79 Å².